The first kappa shape index (κ1) is 23.3. The zero-order chi connectivity index (χ0) is 24.4. The normalized spacial score (nSPS) is 18.4. The summed E-state index contributed by atoms with van der Waals surface area (Å²) in [5, 5.41) is 12.0. The number of carbonyl (C=O) groups excluding carboxylic acids is 3. The number of nitrogens with two attached hydrogens (primary N) is 1. The van der Waals surface area contributed by atoms with Crippen molar-refractivity contribution >= 4 is 29.5 Å². The fourth-order valence-corrected chi connectivity index (χ4v) is 4.61. The van der Waals surface area contributed by atoms with E-state index >= 15 is 0 Å². The molecule has 0 aromatic heterocycles. The largest absolute Gasteiger partial charge is 0.465 e. The van der Waals surface area contributed by atoms with Crippen LogP contribution < -0.4 is 16.0 Å². The van der Waals surface area contributed by atoms with Crippen LogP contribution in [-0.4, -0.2) is 59.5 Å². The van der Waals surface area contributed by atoms with E-state index in [1.54, 1.807) is 11.9 Å². The lowest BCUT2D eigenvalue weighted by molar-refractivity contribution is -0.131. The highest BCUT2D eigenvalue weighted by Gasteiger charge is 2.33. The minimum Gasteiger partial charge on any atom is -0.465 e. The van der Waals surface area contributed by atoms with Crippen molar-refractivity contribution < 1.29 is 24.3 Å². The summed E-state index contributed by atoms with van der Waals surface area (Å²) in [7, 11) is 1.77. The lowest BCUT2D eigenvalue weighted by Crippen LogP contribution is -2.56. The number of carbonyl (C=O) groups is 4. The van der Waals surface area contributed by atoms with Crippen molar-refractivity contribution in [3.05, 3.63) is 53.6 Å². The molecule has 0 radical (unpaired) electrons. The molecule has 4 amide bonds. The smallest absolute Gasteiger partial charge is 0.407 e. The van der Waals surface area contributed by atoms with Crippen LogP contribution in [0.3, 0.4) is 0 Å². The van der Waals surface area contributed by atoms with Gasteiger partial charge in [0.15, 0.2) is 0 Å². The maximum absolute atomic E-state index is 12.7. The van der Waals surface area contributed by atoms with Crippen molar-refractivity contribution in [2.24, 2.45) is 5.73 Å². The van der Waals surface area contributed by atoms with Gasteiger partial charge in [-0.15, -0.1) is 0 Å². The molecule has 2 aromatic rings. The highest BCUT2D eigenvalue weighted by molar-refractivity contribution is 6.01. The molecule has 9 heteroatoms. The topological polar surface area (TPSA) is 133 Å². The molecule has 1 fully saturated rings. The number of fused-ring (bicyclic) bond motifs is 1. The Morgan fingerprint density at radius 3 is 2.50 bits per heavy atom. The number of piperidine rings is 1. The van der Waals surface area contributed by atoms with Crippen LogP contribution in [0.4, 0.5) is 10.5 Å². The highest BCUT2D eigenvalue weighted by atomic mass is 16.4. The van der Waals surface area contributed by atoms with Crippen molar-refractivity contribution in [3.8, 4) is 11.1 Å². The number of anilines is 1. The van der Waals surface area contributed by atoms with Gasteiger partial charge in [0.1, 0.15) is 12.1 Å². The van der Waals surface area contributed by atoms with E-state index in [2.05, 4.69) is 5.32 Å². The van der Waals surface area contributed by atoms with Gasteiger partial charge in [0.05, 0.1) is 6.42 Å². The lowest BCUT2D eigenvalue weighted by Gasteiger charge is -2.33. The van der Waals surface area contributed by atoms with E-state index in [1.165, 1.54) is 0 Å². The van der Waals surface area contributed by atoms with Gasteiger partial charge in [-0.05, 0) is 47.6 Å². The average molecular weight is 465 g/mol. The monoisotopic (exact) mass is 464 g/mol. The number of amides is 4. The van der Waals surface area contributed by atoms with Crippen molar-refractivity contribution in [2.75, 3.05) is 18.5 Å². The third-order valence-electron chi connectivity index (χ3n) is 6.60. The molecule has 9 nitrogen and oxygen atoms in total. The lowest BCUT2D eigenvalue weighted by atomic mass is 9.98. The third-order valence-corrected chi connectivity index (χ3v) is 6.60. The van der Waals surface area contributed by atoms with Crippen LogP contribution in [0.15, 0.2) is 42.5 Å². The van der Waals surface area contributed by atoms with E-state index in [4.69, 9.17) is 5.73 Å². The molecule has 2 aliphatic rings. The Hall–Kier alpha value is -3.88. The Morgan fingerprint density at radius 2 is 1.82 bits per heavy atom. The average Bonchev–Trinajstić information content (AvgIpc) is 3.11. The molecule has 4 rings (SSSR count). The molecular formula is C25H28N4O5. The molecule has 2 unspecified atom stereocenters. The standard InChI is InChI=1S/C25H28N4O5/c1-28-21-13-17(9-10-18(21)14-22(28)30)16-7-5-15(6-8-16)12-19(23(26)31)27-24(32)20-4-2-3-11-29(20)25(33)34/h5-10,13,19-20H,2-4,11-12,14H2,1H3,(H2,26,31)(H,27,32)(H,33,34). The van der Waals surface area contributed by atoms with Gasteiger partial charge in [-0.1, -0.05) is 36.4 Å². The summed E-state index contributed by atoms with van der Waals surface area (Å²) in [4.78, 5) is 51.0. The van der Waals surface area contributed by atoms with Crippen LogP contribution in [0.1, 0.15) is 30.4 Å². The second kappa shape index (κ2) is 9.54. The Labute approximate surface area is 197 Å². The van der Waals surface area contributed by atoms with Crippen LogP contribution in [0, 0.1) is 0 Å². The molecule has 2 aromatic carbocycles. The molecule has 0 saturated carbocycles. The van der Waals surface area contributed by atoms with E-state index in [0.29, 0.717) is 25.8 Å². The molecule has 0 spiro atoms. The Balaban J connectivity index is 1.45. The van der Waals surface area contributed by atoms with E-state index in [9.17, 15) is 24.3 Å². The zero-order valence-corrected chi connectivity index (χ0v) is 19.0. The van der Waals surface area contributed by atoms with Gasteiger partial charge in [-0.25, -0.2) is 4.79 Å². The SMILES string of the molecule is CN1C(=O)Cc2ccc(-c3ccc(CC(NC(=O)C4CCCCN4C(=O)O)C(N)=O)cc3)cc21. The second-order valence-electron chi connectivity index (χ2n) is 8.83. The summed E-state index contributed by atoms with van der Waals surface area (Å²) in [5.74, 6) is -1.11. The van der Waals surface area contributed by atoms with Gasteiger partial charge in [0.25, 0.3) is 0 Å². The van der Waals surface area contributed by atoms with Crippen molar-refractivity contribution in [1.82, 2.24) is 10.2 Å². The second-order valence-corrected chi connectivity index (χ2v) is 8.83. The Morgan fingerprint density at radius 1 is 1.12 bits per heavy atom. The molecule has 0 bridgehead atoms. The molecule has 2 atom stereocenters. The number of likely N-dealkylation sites (N-methyl/N-ethyl adjacent to an activating group) is 1. The summed E-state index contributed by atoms with van der Waals surface area (Å²) in [6.45, 7) is 0.294. The number of rotatable bonds is 6. The van der Waals surface area contributed by atoms with E-state index < -0.39 is 30.0 Å². The molecule has 34 heavy (non-hydrogen) atoms. The number of likely N-dealkylation sites (tertiary alicyclic amines) is 1. The highest BCUT2D eigenvalue weighted by Crippen LogP contribution is 2.32. The number of carboxylic acid groups (broad SMARTS) is 1. The number of nitrogens with zero attached hydrogens (tertiary/aromatic N) is 2. The summed E-state index contributed by atoms with van der Waals surface area (Å²) in [6.07, 6.45) is 1.34. The molecule has 0 aliphatic carbocycles. The predicted octanol–water partition coefficient (Wildman–Crippen LogP) is 1.92. The maximum Gasteiger partial charge on any atom is 0.407 e. The van der Waals surface area contributed by atoms with Crippen LogP contribution in [0.25, 0.3) is 11.1 Å². The summed E-state index contributed by atoms with van der Waals surface area (Å²) in [5.41, 5.74) is 10.2. The number of hydrogen-bond donors (Lipinski definition) is 3. The first-order chi connectivity index (χ1) is 16.2. The fourth-order valence-electron chi connectivity index (χ4n) is 4.61. The summed E-state index contributed by atoms with van der Waals surface area (Å²) in [6, 6.07) is 11.7. The van der Waals surface area contributed by atoms with Crippen molar-refractivity contribution in [2.45, 2.75) is 44.2 Å². The molecule has 1 saturated heterocycles. The minimum atomic E-state index is -1.15. The van der Waals surface area contributed by atoms with Crippen molar-refractivity contribution in [1.29, 1.82) is 0 Å². The molecular weight excluding hydrogens is 436 g/mol. The maximum atomic E-state index is 12.7. The molecule has 178 valence electrons. The van der Waals surface area contributed by atoms with Gasteiger partial charge in [-0.2, -0.15) is 0 Å². The van der Waals surface area contributed by atoms with E-state index in [1.807, 2.05) is 42.5 Å². The first-order valence-corrected chi connectivity index (χ1v) is 11.3. The Bertz CT molecular complexity index is 1130. The first-order valence-electron chi connectivity index (χ1n) is 11.3. The van der Waals surface area contributed by atoms with E-state index in [-0.39, 0.29) is 12.3 Å². The predicted molar refractivity (Wildman–Crippen MR) is 126 cm³/mol. The van der Waals surface area contributed by atoms with Crippen LogP contribution in [0.2, 0.25) is 0 Å². The van der Waals surface area contributed by atoms with Gasteiger partial charge in [0.2, 0.25) is 17.7 Å². The zero-order valence-electron chi connectivity index (χ0n) is 19.0. The summed E-state index contributed by atoms with van der Waals surface area (Å²) < 4.78 is 0. The minimum absolute atomic E-state index is 0.0711. The molecule has 2 heterocycles. The Kier molecular flexibility index (Phi) is 6.54. The number of hydrogen-bond acceptors (Lipinski definition) is 4. The van der Waals surface area contributed by atoms with Crippen LogP contribution >= 0.6 is 0 Å². The molecule has 4 N–H and O–H groups in total. The van der Waals surface area contributed by atoms with Crippen molar-refractivity contribution in [3.63, 3.8) is 0 Å². The molecule has 2 aliphatic heterocycles. The summed E-state index contributed by atoms with van der Waals surface area (Å²) >= 11 is 0. The fraction of sp³-hybridized carbons (Fsp3) is 0.360. The van der Waals surface area contributed by atoms with Gasteiger partial charge < -0.3 is 21.1 Å². The van der Waals surface area contributed by atoms with Gasteiger partial charge in [-0.3, -0.25) is 19.3 Å². The van der Waals surface area contributed by atoms with Crippen LogP contribution in [-0.2, 0) is 27.2 Å². The quantitative estimate of drug-likeness (QED) is 0.601. The van der Waals surface area contributed by atoms with E-state index in [0.717, 1.165) is 39.3 Å². The number of nitrogens with one attached hydrogen (secondary N) is 1. The number of benzene rings is 2. The van der Waals surface area contributed by atoms with Gasteiger partial charge >= 0.3 is 6.09 Å². The van der Waals surface area contributed by atoms with Crippen LogP contribution in [0.5, 0.6) is 0 Å². The third kappa shape index (κ3) is 4.73. The van der Waals surface area contributed by atoms with Gasteiger partial charge in [0, 0.05) is 25.7 Å². The number of primary amides is 1.